The van der Waals surface area contributed by atoms with E-state index in [4.69, 9.17) is 12.2 Å². The van der Waals surface area contributed by atoms with Crippen LogP contribution >= 0.6 is 12.2 Å². The summed E-state index contributed by atoms with van der Waals surface area (Å²) in [7, 11) is 0. The van der Waals surface area contributed by atoms with Gasteiger partial charge in [-0.3, -0.25) is 9.36 Å². The maximum Gasteiger partial charge on any atom is 0.269 e. The van der Waals surface area contributed by atoms with E-state index in [2.05, 4.69) is 10.3 Å². The predicted molar refractivity (Wildman–Crippen MR) is 88.8 cm³/mol. The molecule has 0 spiro atoms. The highest BCUT2D eigenvalue weighted by Gasteiger charge is 2.24. The van der Waals surface area contributed by atoms with E-state index in [9.17, 15) is 9.90 Å². The zero-order valence-electron chi connectivity index (χ0n) is 12.8. The van der Waals surface area contributed by atoms with E-state index in [1.165, 1.54) is 0 Å². The smallest absolute Gasteiger partial charge is 0.269 e. The Labute approximate surface area is 135 Å². The Hall–Kier alpha value is -1.92. The summed E-state index contributed by atoms with van der Waals surface area (Å²) in [6, 6.07) is 9.45. The molecule has 0 aliphatic carbocycles. The van der Waals surface area contributed by atoms with Gasteiger partial charge in [-0.15, -0.1) is 0 Å². The molecule has 1 aromatic carbocycles. The van der Waals surface area contributed by atoms with Crippen molar-refractivity contribution in [3.05, 3.63) is 47.0 Å². The van der Waals surface area contributed by atoms with Crippen LogP contribution in [0.5, 0.6) is 0 Å². The molecule has 0 fully saturated rings. The van der Waals surface area contributed by atoms with Gasteiger partial charge >= 0.3 is 0 Å². The number of carbonyl (C=O) groups excluding carboxylic acids is 1. The normalized spacial score (nSPS) is 11.4. The first-order valence-electron chi connectivity index (χ1n) is 7.37. The van der Waals surface area contributed by atoms with E-state index in [0.717, 1.165) is 5.69 Å². The highest BCUT2D eigenvalue weighted by Crippen LogP contribution is 2.15. The van der Waals surface area contributed by atoms with Crippen molar-refractivity contribution in [3.8, 4) is 5.69 Å². The van der Waals surface area contributed by atoms with Gasteiger partial charge < -0.3 is 15.4 Å². The summed E-state index contributed by atoms with van der Waals surface area (Å²) in [6.45, 7) is 4.01. The summed E-state index contributed by atoms with van der Waals surface area (Å²) in [5, 5.41) is 13.1. The van der Waals surface area contributed by atoms with Crippen molar-refractivity contribution in [1.29, 1.82) is 0 Å². The van der Waals surface area contributed by atoms with Crippen molar-refractivity contribution in [1.82, 2.24) is 14.9 Å². The van der Waals surface area contributed by atoms with Gasteiger partial charge in [0.15, 0.2) is 4.77 Å². The molecule has 0 saturated carbocycles. The van der Waals surface area contributed by atoms with Gasteiger partial charge in [0, 0.05) is 18.4 Å². The van der Waals surface area contributed by atoms with Crippen LogP contribution in [0.1, 0.15) is 37.2 Å². The predicted octanol–water partition coefficient (Wildman–Crippen LogP) is 2.82. The number of nitrogens with zero attached hydrogens (tertiary/aromatic N) is 1. The fourth-order valence-corrected chi connectivity index (χ4v) is 2.47. The number of aliphatic hydroxyl groups is 1. The summed E-state index contributed by atoms with van der Waals surface area (Å²) in [4.78, 5) is 15.3. The molecule has 0 aliphatic heterocycles. The molecule has 1 aromatic heterocycles. The van der Waals surface area contributed by atoms with Gasteiger partial charge in [0.2, 0.25) is 0 Å². The number of aromatic nitrogens is 2. The molecular weight excluding hydrogens is 298 g/mol. The summed E-state index contributed by atoms with van der Waals surface area (Å²) in [5.41, 5.74) is 0.367. The van der Waals surface area contributed by atoms with E-state index < -0.39 is 5.60 Å². The first-order valence-corrected chi connectivity index (χ1v) is 7.78. The molecule has 6 heteroatoms. The fourth-order valence-electron chi connectivity index (χ4n) is 2.20. The van der Waals surface area contributed by atoms with Gasteiger partial charge in [-0.25, -0.2) is 0 Å². The van der Waals surface area contributed by atoms with Crippen molar-refractivity contribution < 1.29 is 9.90 Å². The zero-order valence-corrected chi connectivity index (χ0v) is 13.6. The lowest BCUT2D eigenvalue weighted by atomic mass is 9.97. The van der Waals surface area contributed by atoms with Crippen LogP contribution < -0.4 is 5.32 Å². The first-order chi connectivity index (χ1) is 10.5. The maximum absolute atomic E-state index is 12.4. The first kappa shape index (κ1) is 16.5. The molecule has 0 radical (unpaired) electrons. The topological polar surface area (TPSA) is 70.1 Å². The Morgan fingerprint density at radius 1 is 1.32 bits per heavy atom. The average Bonchev–Trinajstić information content (AvgIpc) is 2.95. The van der Waals surface area contributed by atoms with E-state index in [1.807, 2.05) is 44.2 Å². The lowest BCUT2D eigenvalue weighted by molar-refractivity contribution is 0.0313. The number of benzene rings is 1. The lowest BCUT2D eigenvalue weighted by Crippen LogP contribution is -2.42. The number of nitrogens with one attached hydrogen (secondary N) is 2. The molecule has 0 atom stereocenters. The summed E-state index contributed by atoms with van der Waals surface area (Å²) >= 11 is 5.26. The van der Waals surface area contributed by atoms with Crippen LogP contribution in [0.2, 0.25) is 0 Å². The third kappa shape index (κ3) is 3.45. The van der Waals surface area contributed by atoms with Crippen LogP contribution in [-0.2, 0) is 0 Å². The summed E-state index contributed by atoms with van der Waals surface area (Å²) < 4.78 is 2.14. The van der Waals surface area contributed by atoms with E-state index in [0.29, 0.717) is 23.3 Å². The van der Waals surface area contributed by atoms with Crippen molar-refractivity contribution >= 4 is 18.1 Å². The second-order valence-electron chi connectivity index (χ2n) is 5.26. The zero-order chi connectivity index (χ0) is 16.2. The number of imidazole rings is 1. The van der Waals surface area contributed by atoms with Gasteiger partial charge in [-0.05, 0) is 37.2 Å². The van der Waals surface area contributed by atoms with Crippen LogP contribution in [0, 0.1) is 4.77 Å². The third-order valence-corrected chi connectivity index (χ3v) is 4.22. The Balaban J connectivity index is 2.24. The van der Waals surface area contributed by atoms with Crippen molar-refractivity contribution in [2.45, 2.75) is 32.3 Å². The summed E-state index contributed by atoms with van der Waals surface area (Å²) in [5.74, 6) is -0.267. The standard InChI is InChI=1S/C16H21N3O2S/c1-3-16(21,4-2)11-18-14(20)13-10-17-15(22)19(13)12-8-6-5-7-9-12/h5-10,21H,3-4,11H2,1-2H3,(H,17,22)(H,18,20). The van der Waals surface area contributed by atoms with E-state index in [-0.39, 0.29) is 12.5 Å². The number of H-pyrrole nitrogens is 1. The third-order valence-electron chi connectivity index (χ3n) is 3.92. The maximum atomic E-state index is 12.4. The number of carbonyl (C=O) groups is 1. The number of amides is 1. The Bertz CT molecular complexity index is 687. The second kappa shape index (κ2) is 6.89. The molecular formula is C16H21N3O2S. The van der Waals surface area contributed by atoms with E-state index >= 15 is 0 Å². The number of hydrogen-bond donors (Lipinski definition) is 3. The highest BCUT2D eigenvalue weighted by atomic mass is 32.1. The molecule has 0 bridgehead atoms. The molecule has 2 rings (SSSR count). The number of rotatable bonds is 6. The minimum Gasteiger partial charge on any atom is -0.388 e. The minimum atomic E-state index is -0.875. The van der Waals surface area contributed by atoms with Gasteiger partial charge in [-0.2, -0.15) is 0 Å². The highest BCUT2D eigenvalue weighted by molar-refractivity contribution is 7.71. The Kier molecular flexibility index (Phi) is 5.15. The molecule has 3 N–H and O–H groups in total. The van der Waals surface area contributed by atoms with Crippen LogP contribution in [0.4, 0.5) is 0 Å². The van der Waals surface area contributed by atoms with Gasteiger partial charge in [0.25, 0.3) is 5.91 Å². The second-order valence-corrected chi connectivity index (χ2v) is 5.65. The number of para-hydroxylation sites is 1. The molecule has 118 valence electrons. The van der Waals surface area contributed by atoms with Crippen LogP contribution in [0.15, 0.2) is 36.5 Å². The molecule has 0 saturated heterocycles. The largest absolute Gasteiger partial charge is 0.388 e. The minimum absolute atomic E-state index is 0.214. The Morgan fingerprint density at radius 2 is 1.95 bits per heavy atom. The van der Waals surface area contributed by atoms with Crippen LogP contribution in [-0.4, -0.2) is 32.7 Å². The van der Waals surface area contributed by atoms with E-state index in [1.54, 1.807) is 10.8 Å². The quantitative estimate of drug-likeness (QED) is 0.717. The van der Waals surface area contributed by atoms with Crippen molar-refractivity contribution in [2.75, 3.05) is 6.54 Å². The molecule has 1 heterocycles. The van der Waals surface area contributed by atoms with Crippen molar-refractivity contribution in [2.24, 2.45) is 0 Å². The molecule has 5 nitrogen and oxygen atoms in total. The fraction of sp³-hybridized carbons (Fsp3) is 0.375. The molecule has 0 unspecified atom stereocenters. The SMILES string of the molecule is CCC(O)(CC)CNC(=O)c1c[nH]c(=S)n1-c1ccccc1. The number of hydrogen-bond acceptors (Lipinski definition) is 3. The van der Waals surface area contributed by atoms with Crippen LogP contribution in [0.25, 0.3) is 5.69 Å². The average molecular weight is 319 g/mol. The Morgan fingerprint density at radius 3 is 2.55 bits per heavy atom. The number of aromatic amines is 1. The lowest BCUT2D eigenvalue weighted by Gasteiger charge is -2.25. The molecule has 1 amide bonds. The summed E-state index contributed by atoms with van der Waals surface area (Å²) in [6.07, 6.45) is 2.76. The molecule has 22 heavy (non-hydrogen) atoms. The van der Waals surface area contributed by atoms with Crippen molar-refractivity contribution in [3.63, 3.8) is 0 Å². The molecule has 0 aliphatic rings. The molecule has 2 aromatic rings. The van der Waals surface area contributed by atoms with Gasteiger partial charge in [0.1, 0.15) is 5.69 Å². The van der Waals surface area contributed by atoms with Gasteiger partial charge in [-0.1, -0.05) is 32.0 Å². The van der Waals surface area contributed by atoms with Gasteiger partial charge in [0.05, 0.1) is 5.60 Å². The van der Waals surface area contributed by atoms with Crippen LogP contribution in [0.3, 0.4) is 0 Å². The monoisotopic (exact) mass is 319 g/mol.